The Morgan fingerprint density at radius 1 is 0.265 bits per heavy atom. The van der Waals surface area contributed by atoms with Crippen molar-refractivity contribution in [2.45, 2.75) is 290 Å². The quantitative estimate of drug-likeness (QED) is 0.0470. The maximum atomic E-state index is 12.0. The van der Waals surface area contributed by atoms with Crippen LogP contribution in [0.2, 0.25) is 0 Å². The number of hydrogen-bond donors (Lipinski definition) is 0. The first-order chi connectivity index (χ1) is 24.3. The van der Waals surface area contributed by atoms with Crippen molar-refractivity contribution in [1.82, 2.24) is 0 Å². The molecule has 0 radical (unpaired) electrons. The molecule has 0 saturated carbocycles. The molecule has 0 saturated heterocycles. The number of esters is 1. The Labute approximate surface area is 311 Å². The fourth-order valence-electron chi connectivity index (χ4n) is 7.49. The lowest BCUT2D eigenvalue weighted by Gasteiger charge is -2.06. The van der Waals surface area contributed by atoms with E-state index in [9.17, 15) is 4.79 Å². The van der Waals surface area contributed by atoms with Gasteiger partial charge in [-0.05, 0) is 12.8 Å². The second kappa shape index (κ2) is 45.5. The SMILES string of the molecule is CCCCCCCCCCCCCCCCCCCCCCCCCCCCCC(=O)OCCCCCCCCCCCCCCCCC. The van der Waals surface area contributed by atoms with Crippen LogP contribution >= 0.6 is 0 Å². The van der Waals surface area contributed by atoms with Gasteiger partial charge in [-0.1, -0.05) is 271 Å². The summed E-state index contributed by atoms with van der Waals surface area (Å²) in [6.45, 7) is 5.23. The first-order valence-corrected chi connectivity index (χ1v) is 23.5. The molecule has 49 heavy (non-hydrogen) atoms. The van der Waals surface area contributed by atoms with Crippen LogP contribution in [0.4, 0.5) is 0 Å². The van der Waals surface area contributed by atoms with E-state index in [0.717, 1.165) is 12.8 Å². The Bertz CT molecular complexity index is 587. The van der Waals surface area contributed by atoms with Gasteiger partial charge in [-0.3, -0.25) is 4.79 Å². The summed E-state index contributed by atoms with van der Waals surface area (Å²) in [4.78, 5) is 12.0. The van der Waals surface area contributed by atoms with Gasteiger partial charge in [0.25, 0.3) is 0 Å². The number of rotatable bonds is 44. The minimum absolute atomic E-state index is 0.0324. The molecule has 2 heteroatoms. The zero-order valence-corrected chi connectivity index (χ0v) is 34.4. The van der Waals surface area contributed by atoms with E-state index in [-0.39, 0.29) is 5.97 Å². The van der Waals surface area contributed by atoms with E-state index in [1.165, 1.54) is 257 Å². The van der Waals surface area contributed by atoms with Gasteiger partial charge in [0.1, 0.15) is 0 Å². The predicted octanol–water partition coefficient (Wildman–Crippen LogP) is 17.3. The summed E-state index contributed by atoms with van der Waals surface area (Å²) in [5.41, 5.74) is 0. The minimum atomic E-state index is 0.0324. The highest BCUT2D eigenvalue weighted by atomic mass is 16.5. The third-order valence-corrected chi connectivity index (χ3v) is 11.0. The molecule has 0 rings (SSSR count). The van der Waals surface area contributed by atoms with Gasteiger partial charge in [0, 0.05) is 6.42 Å². The number of unbranched alkanes of at least 4 members (excludes halogenated alkanes) is 40. The zero-order valence-electron chi connectivity index (χ0n) is 34.4. The molecule has 0 spiro atoms. The lowest BCUT2D eigenvalue weighted by Crippen LogP contribution is -2.05. The molecule has 0 N–H and O–H groups in total. The smallest absolute Gasteiger partial charge is 0.305 e. The van der Waals surface area contributed by atoms with E-state index in [0.29, 0.717) is 13.0 Å². The topological polar surface area (TPSA) is 26.3 Å². The fraction of sp³-hybridized carbons (Fsp3) is 0.979. The van der Waals surface area contributed by atoms with Crippen LogP contribution in [0.1, 0.15) is 290 Å². The van der Waals surface area contributed by atoms with E-state index in [1.807, 2.05) is 0 Å². The van der Waals surface area contributed by atoms with Crippen molar-refractivity contribution in [2.24, 2.45) is 0 Å². The average molecular weight is 691 g/mol. The molecule has 0 aromatic heterocycles. The van der Waals surface area contributed by atoms with Crippen LogP contribution in [0.25, 0.3) is 0 Å². The summed E-state index contributed by atoms with van der Waals surface area (Å²) in [6, 6.07) is 0. The minimum Gasteiger partial charge on any atom is -0.466 e. The van der Waals surface area contributed by atoms with E-state index >= 15 is 0 Å². The summed E-state index contributed by atoms with van der Waals surface area (Å²) in [5, 5.41) is 0. The van der Waals surface area contributed by atoms with Gasteiger partial charge in [0.05, 0.1) is 6.61 Å². The van der Waals surface area contributed by atoms with E-state index < -0.39 is 0 Å². The van der Waals surface area contributed by atoms with Crippen molar-refractivity contribution < 1.29 is 9.53 Å². The van der Waals surface area contributed by atoms with Gasteiger partial charge < -0.3 is 4.74 Å². The van der Waals surface area contributed by atoms with Crippen molar-refractivity contribution in [3.05, 3.63) is 0 Å². The predicted molar refractivity (Wildman–Crippen MR) is 221 cm³/mol. The first-order valence-electron chi connectivity index (χ1n) is 23.5. The van der Waals surface area contributed by atoms with Crippen molar-refractivity contribution in [3.63, 3.8) is 0 Å². The second-order valence-electron chi connectivity index (χ2n) is 16.1. The van der Waals surface area contributed by atoms with Gasteiger partial charge >= 0.3 is 5.97 Å². The molecule has 2 nitrogen and oxygen atoms in total. The molecule has 0 aliphatic carbocycles. The van der Waals surface area contributed by atoms with Crippen LogP contribution in [0, 0.1) is 0 Å². The molecule has 0 amide bonds. The highest BCUT2D eigenvalue weighted by Crippen LogP contribution is 2.17. The molecular formula is C47H94O2. The highest BCUT2D eigenvalue weighted by molar-refractivity contribution is 5.69. The summed E-state index contributed by atoms with van der Waals surface area (Å²) in [7, 11) is 0. The van der Waals surface area contributed by atoms with Crippen LogP contribution in [0.15, 0.2) is 0 Å². The second-order valence-corrected chi connectivity index (χ2v) is 16.1. The van der Waals surface area contributed by atoms with Gasteiger partial charge in [-0.15, -0.1) is 0 Å². The molecule has 294 valence electrons. The number of carbonyl (C=O) groups is 1. The molecule has 0 atom stereocenters. The normalized spacial score (nSPS) is 11.5. The van der Waals surface area contributed by atoms with Crippen molar-refractivity contribution in [2.75, 3.05) is 6.61 Å². The van der Waals surface area contributed by atoms with Gasteiger partial charge in [-0.25, -0.2) is 0 Å². The first kappa shape index (κ1) is 48.5. The lowest BCUT2D eigenvalue weighted by atomic mass is 10.0. The highest BCUT2D eigenvalue weighted by Gasteiger charge is 2.03. The van der Waals surface area contributed by atoms with E-state index in [1.54, 1.807) is 0 Å². The van der Waals surface area contributed by atoms with Gasteiger partial charge in [0.2, 0.25) is 0 Å². The summed E-state index contributed by atoms with van der Waals surface area (Å²) < 4.78 is 5.48. The summed E-state index contributed by atoms with van der Waals surface area (Å²) in [6.07, 6.45) is 59.4. The summed E-state index contributed by atoms with van der Waals surface area (Å²) >= 11 is 0. The number of hydrogen-bond acceptors (Lipinski definition) is 2. The molecule has 0 aliphatic rings. The maximum absolute atomic E-state index is 12.0. The molecule has 0 unspecified atom stereocenters. The Hall–Kier alpha value is -0.530. The standard InChI is InChI=1S/C47H94O2/c1-3-5-7-9-11-13-15-17-19-20-21-22-23-24-25-26-27-28-29-30-31-33-35-37-39-41-43-45-47(48)49-46-44-42-40-38-36-34-32-18-16-14-12-10-8-6-4-2/h3-46H2,1-2H3. The molecule has 0 bridgehead atoms. The Kier molecular flexibility index (Phi) is 45.0. The van der Waals surface area contributed by atoms with E-state index in [4.69, 9.17) is 4.74 Å². The van der Waals surface area contributed by atoms with Crippen LogP contribution < -0.4 is 0 Å². The monoisotopic (exact) mass is 691 g/mol. The molecular weight excluding hydrogens is 597 g/mol. The zero-order chi connectivity index (χ0) is 35.4. The Morgan fingerprint density at radius 3 is 0.673 bits per heavy atom. The van der Waals surface area contributed by atoms with Crippen LogP contribution in [-0.2, 0) is 9.53 Å². The molecule has 0 heterocycles. The van der Waals surface area contributed by atoms with Crippen LogP contribution in [-0.4, -0.2) is 12.6 Å². The molecule has 0 aliphatic heterocycles. The number of ether oxygens (including phenoxy) is 1. The van der Waals surface area contributed by atoms with Crippen LogP contribution in [0.3, 0.4) is 0 Å². The van der Waals surface area contributed by atoms with Gasteiger partial charge in [0.15, 0.2) is 0 Å². The van der Waals surface area contributed by atoms with Crippen molar-refractivity contribution >= 4 is 5.97 Å². The van der Waals surface area contributed by atoms with Crippen molar-refractivity contribution in [1.29, 1.82) is 0 Å². The maximum Gasteiger partial charge on any atom is 0.305 e. The summed E-state index contributed by atoms with van der Waals surface area (Å²) in [5.74, 6) is 0.0324. The van der Waals surface area contributed by atoms with E-state index in [2.05, 4.69) is 13.8 Å². The average Bonchev–Trinajstić information content (AvgIpc) is 3.11. The largest absolute Gasteiger partial charge is 0.466 e. The van der Waals surface area contributed by atoms with Crippen LogP contribution in [0.5, 0.6) is 0 Å². The third-order valence-electron chi connectivity index (χ3n) is 11.0. The van der Waals surface area contributed by atoms with Gasteiger partial charge in [-0.2, -0.15) is 0 Å². The Morgan fingerprint density at radius 2 is 0.449 bits per heavy atom. The van der Waals surface area contributed by atoms with Crippen molar-refractivity contribution in [3.8, 4) is 0 Å². The fourth-order valence-corrected chi connectivity index (χ4v) is 7.49. The lowest BCUT2D eigenvalue weighted by molar-refractivity contribution is -0.143. The Balaban J connectivity index is 3.13. The molecule has 0 aromatic rings. The molecule has 0 fully saturated rings. The number of carbonyl (C=O) groups excluding carboxylic acids is 1. The molecule has 0 aromatic carbocycles. The third kappa shape index (κ3) is 45.4.